The zero-order valence-corrected chi connectivity index (χ0v) is 19.2. The van der Waals surface area contributed by atoms with Crippen molar-refractivity contribution in [2.45, 2.75) is 45.3 Å². The summed E-state index contributed by atoms with van der Waals surface area (Å²) >= 11 is 5.89. The van der Waals surface area contributed by atoms with Gasteiger partial charge in [-0.1, -0.05) is 25.4 Å². The smallest absolute Gasteiger partial charge is 0.417 e. The van der Waals surface area contributed by atoms with E-state index in [1.807, 2.05) is 13.8 Å². The molecule has 33 heavy (non-hydrogen) atoms. The van der Waals surface area contributed by atoms with Crippen molar-refractivity contribution in [2.24, 2.45) is 16.6 Å². The number of hydrogen-bond acceptors (Lipinski definition) is 5. The van der Waals surface area contributed by atoms with Crippen molar-refractivity contribution in [2.75, 3.05) is 13.2 Å². The van der Waals surface area contributed by atoms with Crippen LogP contribution in [0, 0.1) is 12.8 Å². The predicted octanol–water partition coefficient (Wildman–Crippen LogP) is 4.16. The van der Waals surface area contributed by atoms with E-state index in [4.69, 9.17) is 22.1 Å². The van der Waals surface area contributed by atoms with Crippen LogP contribution in [-0.4, -0.2) is 40.4 Å². The van der Waals surface area contributed by atoms with Crippen LogP contribution >= 0.6 is 11.6 Å². The molecule has 1 fully saturated rings. The fraction of sp³-hybridized carbons (Fsp3) is 0.455. The molecule has 1 aliphatic rings. The molecular weight excluding hydrogens is 459 g/mol. The monoisotopic (exact) mass is 483 g/mol. The molecule has 7 nitrogen and oxygen atoms in total. The first-order valence-electron chi connectivity index (χ1n) is 10.4. The van der Waals surface area contributed by atoms with E-state index in [0.717, 1.165) is 6.07 Å². The van der Waals surface area contributed by atoms with Gasteiger partial charge in [0.1, 0.15) is 23.2 Å². The van der Waals surface area contributed by atoms with Crippen molar-refractivity contribution >= 4 is 23.3 Å². The van der Waals surface area contributed by atoms with Crippen molar-refractivity contribution in [3.05, 3.63) is 51.9 Å². The maximum Gasteiger partial charge on any atom is 0.417 e. The Morgan fingerprint density at radius 1 is 1.33 bits per heavy atom. The maximum atomic E-state index is 12.9. The Labute approximate surface area is 194 Å². The molecule has 0 aromatic carbocycles. The first-order valence-corrected chi connectivity index (χ1v) is 10.7. The van der Waals surface area contributed by atoms with Gasteiger partial charge in [0.05, 0.1) is 11.1 Å². The number of aromatic nitrogens is 2. The third-order valence-electron chi connectivity index (χ3n) is 4.96. The van der Waals surface area contributed by atoms with Crippen LogP contribution in [0.3, 0.4) is 0 Å². The quantitative estimate of drug-likeness (QED) is 0.433. The molecule has 0 bridgehead atoms. The standard InChI is InChI=1S/C22H25ClF3N5O2/c1-12(2)9-28-18(27)17-7-14(6-13(3)30-17)19(32)31-21(4-5-21)11-33-20-16(23)8-15(10-29-20)22(24,25)26/h6-8,10,12H,4-5,9,11H2,1-3H3,(H2,27,28)(H,31,32). The number of alkyl halides is 3. The highest BCUT2D eigenvalue weighted by atomic mass is 35.5. The summed E-state index contributed by atoms with van der Waals surface area (Å²) in [6.07, 6.45) is -2.60. The number of carbonyl (C=O) groups excluding carboxylic acids is 1. The molecule has 11 heteroatoms. The van der Waals surface area contributed by atoms with Gasteiger partial charge in [-0.05, 0) is 43.9 Å². The first-order chi connectivity index (χ1) is 15.4. The van der Waals surface area contributed by atoms with Gasteiger partial charge < -0.3 is 15.8 Å². The third-order valence-corrected chi connectivity index (χ3v) is 5.23. The number of carbonyl (C=O) groups is 1. The van der Waals surface area contributed by atoms with Crippen LogP contribution in [0.5, 0.6) is 5.88 Å². The number of nitrogens with zero attached hydrogens (tertiary/aromatic N) is 3. The summed E-state index contributed by atoms with van der Waals surface area (Å²) in [5.41, 5.74) is 5.82. The minimum absolute atomic E-state index is 0.0196. The van der Waals surface area contributed by atoms with Gasteiger partial charge in [-0.2, -0.15) is 13.2 Å². The molecule has 0 saturated heterocycles. The molecule has 0 aliphatic heterocycles. The average molecular weight is 484 g/mol. The number of pyridine rings is 2. The van der Waals surface area contributed by atoms with E-state index in [1.165, 1.54) is 0 Å². The van der Waals surface area contributed by atoms with Crippen LogP contribution in [0.25, 0.3) is 0 Å². The third kappa shape index (κ3) is 6.56. The van der Waals surface area contributed by atoms with Gasteiger partial charge in [-0.25, -0.2) is 9.97 Å². The Morgan fingerprint density at radius 3 is 2.61 bits per heavy atom. The lowest BCUT2D eigenvalue weighted by Gasteiger charge is -2.19. The minimum atomic E-state index is -4.55. The number of amidine groups is 1. The van der Waals surface area contributed by atoms with Crippen LogP contribution in [0.2, 0.25) is 5.02 Å². The predicted molar refractivity (Wildman–Crippen MR) is 119 cm³/mol. The number of aryl methyl sites for hydroxylation is 1. The summed E-state index contributed by atoms with van der Waals surface area (Å²) in [5.74, 6) is 0.125. The SMILES string of the molecule is Cc1cc(C(=O)NC2(COc3ncc(C(F)(F)F)cc3Cl)CC2)cc(C(N)=NCC(C)C)n1. The number of nitrogens with one attached hydrogen (secondary N) is 1. The van der Waals surface area contributed by atoms with E-state index in [9.17, 15) is 18.0 Å². The molecule has 3 rings (SSSR count). The lowest BCUT2D eigenvalue weighted by Crippen LogP contribution is -2.41. The lowest BCUT2D eigenvalue weighted by molar-refractivity contribution is -0.137. The molecule has 3 N–H and O–H groups in total. The minimum Gasteiger partial charge on any atom is -0.474 e. The molecule has 1 aliphatic carbocycles. The zero-order chi connectivity index (χ0) is 24.4. The van der Waals surface area contributed by atoms with Crippen molar-refractivity contribution in [1.82, 2.24) is 15.3 Å². The van der Waals surface area contributed by atoms with E-state index in [2.05, 4.69) is 20.3 Å². The molecule has 2 heterocycles. The molecule has 2 aromatic rings. The van der Waals surface area contributed by atoms with Gasteiger partial charge in [0.15, 0.2) is 0 Å². The number of aliphatic imine (C=N–C) groups is 1. The van der Waals surface area contributed by atoms with Gasteiger partial charge >= 0.3 is 6.18 Å². The van der Waals surface area contributed by atoms with Gasteiger partial charge in [-0.3, -0.25) is 9.79 Å². The van der Waals surface area contributed by atoms with E-state index in [-0.39, 0.29) is 29.3 Å². The number of ether oxygens (including phenoxy) is 1. The topological polar surface area (TPSA) is 102 Å². The van der Waals surface area contributed by atoms with Crippen LogP contribution < -0.4 is 15.8 Å². The van der Waals surface area contributed by atoms with Gasteiger partial charge in [-0.15, -0.1) is 0 Å². The molecule has 0 atom stereocenters. The van der Waals surface area contributed by atoms with Crippen molar-refractivity contribution < 1.29 is 22.7 Å². The number of halogens is 4. The second kappa shape index (κ2) is 9.54. The van der Waals surface area contributed by atoms with Crippen LogP contribution in [0.4, 0.5) is 13.2 Å². The second-order valence-electron chi connectivity index (χ2n) is 8.53. The second-order valence-corrected chi connectivity index (χ2v) is 8.94. The van der Waals surface area contributed by atoms with E-state index in [1.54, 1.807) is 19.1 Å². The van der Waals surface area contributed by atoms with Crippen LogP contribution in [0.1, 0.15) is 54.0 Å². The summed E-state index contributed by atoms with van der Waals surface area (Å²) in [7, 11) is 0. The van der Waals surface area contributed by atoms with Crippen molar-refractivity contribution in [1.29, 1.82) is 0 Å². The lowest BCUT2D eigenvalue weighted by atomic mass is 10.1. The van der Waals surface area contributed by atoms with E-state index >= 15 is 0 Å². The molecule has 2 aromatic heterocycles. The molecule has 1 saturated carbocycles. The first kappa shape index (κ1) is 24.8. The van der Waals surface area contributed by atoms with Gasteiger partial charge in [0.25, 0.3) is 5.91 Å². The van der Waals surface area contributed by atoms with Crippen molar-refractivity contribution in [3.8, 4) is 5.88 Å². The zero-order valence-electron chi connectivity index (χ0n) is 18.5. The maximum absolute atomic E-state index is 12.9. The number of hydrogen-bond donors (Lipinski definition) is 2. The Hall–Kier alpha value is -2.88. The van der Waals surface area contributed by atoms with Crippen LogP contribution in [-0.2, 0) is 6.18 Å². The number of rotatable bonds is 8. The Kier molecular flexibility index (Phi) is 7.16. The summed E-state index contributed by atoms with van der Waals surface area (Å²) in [5, 5.41) is 2.68. The fourth-order valence-corrected chi connectivity index (χ4v) is 3.18. The van der Waals surface area contributed by atoms with Crippen molar-refractivity contribution in [3.63, 3.8) is 0 Å². The van der Waals surface area contributed by atoms with E-state index in [0.29, 0.717) is 48.5 Å². The molecule has 0 spiro atoms. The molecule has 0 radical (unpaired) electrons. The number of amides is 1. The Morgan fingerprint density at radius 2 is 2.03 bits per heavy atom. The van der Waals surface area contributed by atoms with Crippen LogP contribution in [0.15, 0.2) is 29.4 Å². The van der Waals surface area contributed by atoms with Gasteiger partial charge in [0.2, 0.25) is 5.88 Å². The van der Waals surface area contributed by atoms with Gasteiger partial charge in [0, 0.05) is 24.0 Å². The molecular formula is C22H25ClF3N5O2. The summed E-state index contributed by atoms with van der Waals surface area (Å²) in [6, 6.07) is 3.97. The summed E-state index contributed by atoms with van der Waals surface area (Å²) in [6.45, 7) is 6.35. The average Bonchev–Trinajstić information content (AvgIpc) is 3.49. The largest absolute Gasteiger partial charge is 0.474 e. The molecule has 1 amide bonds. The highest BCUT2D eigenvalue weighted by molar-refractivity contribution is 6.31. The summed E-state index contributed by atoms with van der Waals surface area (Å²) < 4.78 is 43.8. The normalized spacial score (nSPS) is 15.5. The fourth-order valence-electron chi connectivity index (χ4n) is 2.96. The Bertz CT molecular complexity index is 1070. The number of nitrogens with two attached hydrogens (primary N) is 1. The molecule has 178 valence electrons. The highest BCUT2D eigenvalue weighted by Gasteiger charge is 2.45. The highest BCUT2D eigenvalue weighted by Crippen LogP contribution is 2.38. The van der Waals surface area contributed by atoms with E-state index < -0.39 is 17.3 Å². The molecule has 0 unspecified atom stereocenters. The Balaban J connectivity index is 1.68. The summed E-state index contributed by atoms with van der Waals surface area (Å²) in [4.78, 5) is 25.2.